The number of halogens is 1. The Labute approximate surface area is 127 Å². The molecule has 0 saturated carbocycles. The van der Waals surface area contributed by atoms with Crippen LogP contribution in [-0.4, -0.2) is 13.4 Å². The number of benzene rings is 1. The summed E-state index contributed by atoms with van der Waals surface area (Å²) < 4.78 is 33.2. The van der Waals surface area contributed by atoms with Gasteiger partial charge in [-0.2, -0.15) is 0 Å². The first-order valence-corrected chi connectivity index (χ1v) is 8.74. The van der Waals surface area contributed by atoms with Gasteiger partial charge in [0.15, 0.2) is 15.7 Å². The number of nitrogens with zero attached hydrogens (tertiary/aromatic N) is 1. The Bertz CT molecular complexity index is 883. The molecule has 3 aromatic rings. The van der Waals surface area contributed by atoms with E-state index in [9.17, 15) is 8.42 Å². The number of anilines is 1. The van der Waals surface area contributed by atoms with Crippen molar-refractivity contribution in [3.05, 3.63) is 40.0 Å². The Balaban J connectivity index is 1.98. The van der Waals surface area contributed by atoms with E-state index in [0.717, 1.165) is 11.3 Å². The normalized spacial score (nSPS) is 11.9. The van der Waals surface area contributed by atoms with E-state index in [1.807, 2.05) is 0 Å². The average molecular weight is 373 g/mol. The molecule has 0 bridgehead atoms. The Kier molecular flexibility index (Phi) is 3.31. The topological polar surface area (TPSA) is 72.2 Å². The van der Waals surface area contributed by atoms with Gasteiger partial charge in [-0.15, -0.1) is 11.3 Å². The second-order valence-electron chi connectivity index (χ2n) is 4.08. The highest BCUT2D eigenvalue weighted by molar-refractivity contribution is 9.10. The lowest BCUT2D eigenvalue weighted by Crippen LogP contribution is -2.11. The van der Waals surface area contributed by atoms with Crippen molar-refractivity contribution in [2.75, 3.05) is 4.72 Å². The maximum Gasteiger partial charge on any atom is 0.272 e. The quantitative estimate of drug-likeness (QED) is 0.759. The highest BCUT2D eigenvalue weighted by Gasteiger charge is 2.19. The number of nitrogens with one attached hydrogen (secondary N) is 1. The number of hydrogen-bond acceptors (Lipinski definition) is 5. The molecule has 0 saturated heterocycles. The van der Waals surface area contributed by atoms with Gasteiger partial charge in [0, 0.05) is 11.4 Å². The molecular weight excluding hydrogens is 364 g/mol. The lowest BCUT2D eigenvalue weighted by atomic mass is 10.3. The van der Waals surface area contributed by atoms with E-state index in [1.165, 1.54) is 0 Å². The van der Waals surface area contributed by atoms with Crippen LogP contribution in [-0.2, 0) is 10.0 Å². The number of aromatic nitrogens is 1. The standard InChI is InChI=1S/C12H9BrN2O3S2/c1-7-14-10-6-8(2-3-11(10)18-7)15-20(16,17)12-9(13)4-5-19-12/h2-6,15H,1H3. The summed E-state index contributed by atoms with van der Waals surface area (Å²) in [5, 5.41) is 1.71. The number of aryl methyl sites for hydroxylation is 1. The molecule has 2 heterocycles. The van der Waals surface area contributed by atoms with Gasteiger partial charge < -0.3 is 4.42 Å². The molecule has 0 aliphatic rings. The molecule has 0 amide bonds. The van der Waals surface area contributed by atoms with Gasteiger partial charge in [0.25, 0.3) is 10.0 Å². The van der Waals surface area contributed by atoms with Crippen LogP contribution in [0.15, 0.2) is 42.7 Å². The van der Waals surface area contributed by atoms with Crippen molar-refractivity contribution in [1.29, 1.82) is 0 Å². The number of oxazole rings is 1. The predicted octanol–water partition coefficient (Wildman–Crippen LogP) is 3.76. The van der Waals surface area contributed by atoms with Crippen LogP contribution < -0.4 is 4.72 Å². The first-order chi connectivity index (χ1) is 9.45. The largest absolute Gasteiger partial charge is 0.441 e. The molecule has 1 aromatic carbocycles. The van der Waals surface area contributed by atoms with Gasteiger partial charge >= 0.3 is 0 Å². The molecule has 5 nitrogen and oxygen atoms in total. The van der Waals surface area contributed by atoms with Gasteiger partial charge in [-0.3, -0.25) is 4.72 Å². The molecule has 0 aliphatic carbocycles. The zero-order chi connectivity index (χ0) is 14.3. The van der Waals surface area contributed by atoms with Crippen LogP contribution in [0.3, 0.4) is 0 Å². The lowest BCUT2D eigenvalue weighted by Gasteiger charge is -2.06. The smallest absolute Gasteiger partial charge is 0.272 e. The third kappa shape index (κ3) is 2.46. The van der Waals surface area contributed by atoms with Crippen LogP contribution in [0.5, 0.6) is 0 Å². The van der Waals surface area contributed by atoms with Gasteiger partial charge in [0.2, 0.25) is 0 Å². The summed E-state index contributed by atoms with van der Waals surface area (Å²) in [6.07, 6.45) is 0. The molecule has 3 rings (SSSR count). The van der Waals surface area contributed by atoms with E-state index in [4.69, 9.17) is 4.42 Å². The summed E-state index contributed by atoms with van der Waals surface area (Å²) in [6, 6.07) is 6.68. The van der Waals surface area contributed by atoms with Crippen molar-refractivity contribution in [3.63, 3.8) is 0 Å². The molecule has 1 N–H and O–H groups in total. The summed E-state index contributed by atoms with van der Waals surface area (Å²) >= 11 is 4.37. The first-order valence-electron chi connectivity index (χ1n) is 5.59. The van der Waals surface area contributed by atoms with Crippen molar-refractivity contribution in [1.82, 2.24) is 4.98 Å². The fourth-order valence-electron chi connectivity index (χ4n) is 1.78. The number of hydrogen-bond donors (Lipinski definition) is 1. The minimum absolute atomic E-state index is 0.244. The van der Waals surface area contributed by atoms with E-state index in [0.29, 0.717) is 27.2 Å². The van der Waals surface area contributed by atoms with Gasteiger partial charge in [-0.05, 0) is 45.6 Å². The predicted molar refractivity (Wildman–Crippen MR) is 81.6 cm³/mol. The summed E-state index contributed by atoms with van der Waals surface area (Å²) in [7, 11) is -3.60. The minimum Gasteiger partial charge on any atom is -0.441 e. The van der Waals surface area contributed by atoms with Gasteiger partial charge in [-0.1, -0.05) is 0 Å². The molecule has 0 fully saturated rings. The van der Waals surface area contributed by atoms with E-state index in [2.05, 4.69) is 25.6 Å². The number of thiophene rings is 1. The molecule has 0 aliphatic heterocycles. The average Bonchev–Trinajstić information content (AvgIpc) is 2.93. The molecule has 2 aromatic heterocycles. The molecule has 0 atom stereocenters. The number of rotatable bonds is 3. The third-order valence-electron chi connectivity index (χ3n) is 2.58. The molecule has 104 valence electrons. The van der Waals surface area contributed by atoms with Crippen LogP contribution in [0, 0.1) is 6.92 Å². The van der Waals surface area contributed by atoms with Crippen LogP contribution >= 0.6 is 27.3 Å². The molecule has 20 heavy (non-hydrogen) atoms. The number of fused-ring (bicyclic) bond motifs is 1. The molecule has 0 radical (unpaired) electrons. The zero-order valence-electron chi connectivity index (χ0n) is 10.3. The maximum absolute atomic E-state index is 12.3. The lowest BCUT2D eigenvalue weighted by molar-refractivity contribution is 0.561. The van der Waals surface area contributed by atoms with E-state index >= 15 is 0 Å². The molecule has 8 heteroatoms. The minimum atomic E-state index is -3.60. The van der Waals surface area contributed by atoms with Crippen molar-refractivity contribution < 1.29 is 12.8 Å². The van der Waals surface area contributed by atoms with Gasteiger partial charge in [0.1, 0.15) is 5.52 Å². The highest BCUT2D eigenvalue weighted by Crippen LogP contribution is 2.30. The SMILES string of the molecule is Cc1nc2cc(NS(=O)(=O)c3sccc3Br)ccc2o1. The van der Waals surface area contributed by atoms with Crippen LogP contribution in [0.1, 0.15) is 5.89 Å². The second kappa shape index (κ2) is 4.87. The molecule has 0 spiro atoms. The zero-order valence-corrected chi connectivity index (χ0v) is 13.5. The Morgan fingerprint density at radius 3 is 2.85 bits per heavy atom. The van der Waals surface area contributed by atoms with Crippen molar-refractivity contribution in [2.24, 2.45) is 0 Å². The van der Waals surface area contributed by atoms with Crippen LogP contribution in [0.2, 0.25) is 0 Å². The van der Waals surface area contributed by atoms with Crippen molar-refractivity contribution in [2.45, 2.75) is 11.1 Å². The Morgan fingerprint density at radius 1 is 1.35 bits per heavy atom. The fraction of sp³-hybridized carbons (Fsp3) is 0.0833. The summed E-state index contributed by atoms with van der Waals surface area (Å²) in [4.78, 5) is 4.18. The third-order valence-corrected chi connectivity index (χ3v) is 6.63. The van der Waals surface area contributed by atoms with Crippen molar-refractivity contribution >= 4 is 54.1 Å². The Hall–Kier alpha value is -1.38. The Morgan fingerprint density at radius 2 is 2.15 bits per heavy atom. The van der Waals surface area contributed by atoms with Crippen LogP contribution in [0.25, 0.3) is 11.1 Å². The van der Waals surface area contributed by atoms with Crippen LogP contribution in [0.4, 0.5) is 5.69 Å². The summed E-state index contributed by atoms with van der Waals surface area (Å²) in [6.45, 7) is 1.74. The molecule has 0 unspecified atom stereocenters. The fourth-order valence-corrected chi connectivity index (χ4v) is 5.17. The highest BCUT2D eigenvalue weighted by atomic mass is 79.9. The first kappa shape index (κ1) is 13.6. The van der Waals surface area contributed by atoms with Gasteiger partial charge in [0.05, 0.1) is 5.69 Å². The number of sulfonamides is 1. The van der Waals surface area contributed by atoms with E-state index in [-0.39, 0.29) is 4.21 Å². The summed E-state index contributed by atoms with van der Waals surface area (Å²) in [5.41, 5.74) is 1.70. The van der Waals surface area contributed by atoms with E-state index < -0.39 is 10.0 Å². The molecular formula is C12H9BrN2O3S2. The van der Waals surface area contributed by atoms with Gasteiger partial charge in [-0.25, -0.2) is 13.4 Å². The second-order valence-corrected chi connectivity index (χ2v) is 7.72. The maximum atomic E-state index is 12.3. The van der Waals surface area contributed by atoms with E-state index in [1.54, 1.807) is 36.6 Å². The monoisotopic (exact) mass is 372 g/mol. The van der Waals surface area contributed by atoms with Crippen molar-refractivity contribution in [3.8, 4) is 0 Å². The summed E-state index contributed by atoms with van der Waals surface area (Å²) in [5.74, 6) is 0.543.